The van der Waals surface area contributed by atoms with Crippen LogP contribution >= 0.6 is 0 Å². The zero-order chi connectivity index (χ0) is 13.8. The summed E-state index contributed by atoms with van der Waals surface area (Å²) >= 11 is 0. The number of rotatable bonds is 1. The van der Waals surface area contributed by atoms with Gasteiger partial charge < -0.3 is 15.1 Å². The van der Waals surface area contributed by atoms with Gasteiger partial charge in [-0.15, -0.1) is 0 Å². The van der Waals surface area contributed by atoms with Gasteiger partial charge in [0.05, 0.1) is 5.92 Å². The Morgan fingerprint density at radius 1 is 1.05 bits per heavy atom. The van der Waals surface area contributed by atoms with Gasteiger partial charge in [0.25, 0.3) is 0 Å². The highest BCUT2D eigenvalue weighted by Crippen LogP contribution is 2.17. The van der Waals surface area contributed by atoms with Gasteiger partial charge in [-0.25, -0.2) is 0 Å². The van der Waals surface area contributed by atoms with E-state index < -0.39 is 0 Å². The summed E-state index contributed by atoms with van der Waals surface area (Å²) in [5, 5.41) is 3.38. The highest BCUT2D eigenvalue weighted by Gasteiger charge is 2.29. The largest absolute Gasteiger partial charge is 0.341 e. The van der Waals surface area contributed by atoms with Gasteiger partial charge in [-0.05, 0) is 26.2 Å². The summed E-state index contributed by atoms with van der Waals surface area (Å²) in [6.07, 6.45) is 2.95. The maximum Gasteiger partial charge on any atom is 0.227 e. The Morgan fingerprint density at radius 2 is 1.74 bits per heavy atom. The predicted molar refractivity (Wildman–Crippen MR) is 73.6 cm³/mol. The molecule has 0 aromatic rings. The van der Waals surface area contributed by atoms with Gasteiger partial charge in [0, 0.05) is 45.7 Å². The van der Waals surface area contributed by atoms with Crippen LogP contribution in [-0.4, -0.2) is 60.4 Å². The van der Waals surface area contributed by atoms with Crippen molar-refractivity contribution in [3.63, 3.8) is 0 Å². The van der Waals surface area contributed by atoms with Crippen LogP contribution in [0.2, 0.25) is 0 Å². The Kier molecular flexibility index (Phi) is 4.80. The van der Waals surface area contributed by atoms with Crippen molar-refractivity contribution in [2.24, 2.45) is 5.92 Å². The SMILES string of the molecule is CC(=O)N1CCCN(C(=O)C2CCC(C)NC2)CC1. The van der Waals surface area contributed by atoms with Gasteiger partial charge in [0.1, 0.15) is 0 Å². The number of carbonyl (C=O) groups excluding carboxylic acids is 2. The first-order valence-corrected chi connectivity index (χ1v) is 7.35. The fourth-order valence-electron chi connectivity index (χ4n) is 2.92. The molecule has 0 aliphatic carbocycles. The average Bonchev–Trinajstić information content (AvgIpc) is 2.64. The molecule has 2 rings (SSSR count). The maximum atomic E-state index is 12.5. The van der Waals surface area contributed by atoms with Crippen LogP contribution in [0.4, 0.5) is 0 Å². The average molecular weight is 267 g/mol. The lowest BCUT2D eigenvalue weighted by Crippen LogP contribution is -2.46. The number of nitrogens with one attached hydrogen (secondary N) is 1. The normalized spacial score (nSPS) is 28.9. The van der Waals surface area contributed by atoms with E-state index in [0.717, 1.165) is 38.9 Å². The van der Waals surface area contributed by atoms with Crippen molar-refractivity contribution in [1.29, 1.82) is 0 Å². The Balaban J connectivity index is 1.87. The van der Waals surface area contributed by atoms with E-state index >= 15 is 0 Å². The van der Waals surface area contributed by atoms with E-state index in [4.69, 9.17) is 0 Å². The van der Waals surface area contributed by atoms with Crippen LogP contribution in [0.25, 0.3) is 0 Å². The van der Waals surface area contributed by atoms with Crippen LogP contribution in [0, 0.1) is 5.92 Å². The number of hydrogen-bond donors (Lipinski definition) is 1. The zero-order valence-corrected chi connectivity index (χ0v) is 12.0. The molecular weight excluding hydrogens is 242 g/mol. The van der Waals surface area contributed by atoms with Crippen LogP contribution < -0.4 is 5.32 Å². The van der Waals surface area contributed by atoms with Crippen LogP contribution in [-0.2, 0) is 9.59 Å². The topological polar surface area (TPSA) is 52.7 Å². The van der Waals surface area contributed by atoms with Crippen LogP contribution in [0.1, 0.15) is 33.1 Å². The minimum Gasteiger partial charge on any atom is -0.341 e. The number of amides is 2. The lowest BCUT2D eigenvalue weighted by molar-refractivity contribution is -0.136. The summed E-state index contributed by atoms with van der Waals surface area (Å²) in [5.74, 6) is 0.507. The fourth-order valence-corrected chi connectivity index (χ4v) is 2.92. The number of hydrogen-bond acceptors (Lipinski definition) is 3. The smallest absolute Gasteiger partial charge is 0.227 e. The molecule has 0 saturated carbocycles. The van der Waals surface area contributed by atoms with E-state index in [0.29, 0.717) is 19.1 Å². The molecule has 2 unspecified atom stereocenters. The van der Waals surface area contributed by atoms with Gasteiger partial charge in [-0.1, -0.05) is 0 Å². The van der Waals surface area contributed by atoms with Gasteiger partial charge in [-0.2, -0.15) is 0 Å². The Labute approximate surface area is 115 Å². The highest BCUT2D eigenvalue weighted by molar-refractivity contribution is 5.79. The molecule has 5 nitrogen and oxygen atoms in total. The number of nitrogens with zero attached hydrogens (tertiary/aromatic N) is 2. The molecule has 19 heavy (non-hydrogen) atoms. The first-order chi connectivity index (χ1) is 9.08. The second-order valence-electron chi connectivity index (χ2n) is 5.77. The molecule has 2 aliphatic rings. The van der Waals surface area contributed by atoms with Crippen molar-refractivity contribution >= 4 is 11.8 Å². The van der Waals surface area contributed by atoms with Crippen molar-refractivity contribution in [2.45, 2.75) is 39.2 Å². The predicted octanol–water partition coefficient (Wildman–Crippen LogP) is 0.455. The molecule has 1 N–H and O–H groups in total. The molecule has 2 aliphatic heterocycles. The fraction of sp³-hybridized carbons (Fsp3) is 0.857. The summed E-state index contributed by atoms with van der Waals surface area (Å²) in [7, 11) is 0. The zero-order valence-electron chi connectivity index (χ0n) is 12.0. The van der Waals surface area contributed by atoms with Crippen LogP contribution in [0.15, 0.2) is 0 Å². The molecular formula is C14H25N3O2. The van der Waals surface area contributed by atoms with E-state index in [1.807, 2.05) is 9.80 Å². The van der Waals surface area contributed by atoms with Gasteiger partial charge >= 0.3 is 0 Å². The Hall–Kier alpha value is -1.10. The van der Waals surface area contributed by atoms with Crippen molar-refractivity contribution < 1.29 is 9.59 Å². The molecule has 2 amide bonds. The molecule has 108 valence electrons. The minimum absolute atomic E-state index is 0.113. The molecule has 5 heteroatoms. The third kappa shape index (κ3) is 3.69. The molecule has 0 spiro atoms. The van der Waals surface area contributed by atoms with E-state index in [9.17, 15) is 9.59 Å². The third-order valence-electron chi connectivity index (χ3n) is 4.26. The van der Waals surface area contributed by atoms with E-state index in [2.05, 4.69) is 12.2 Å². The summed E-state index contributed by atoms with van der Waals surface area (Å²) in [6.45, 7) is 7.49. The first-order valence-electron chi connectivity index (χ1n) is 7.35. The van der Waals surface area contributed by atoms with E-state index in [-0.39, 0.29) is 17.7 Å². The first kappa shape index (κ1) is 14.3. The monoisotopic (exact) mass is 267 g/mol. The molecule has 0 bridgehead atoms. The van der Waals surface area contributed by atoms with Gasteiger partial charge in [0.2, 0.25) is 11.8 Å². The second-order valence-corrected chi connectivity index (χ2v) is 5.77. The van der Waals surface area contributed by atoms with E-state index in [1.165, 1.54) is 0 Å². The summed E-state index contributed by atoms with van der Waals surface area (Å²) in [6, 6.07) is 0.529. The minimum atomic E-state index is 0.113. The Bertz CT molecular complexity index is 338. The molecule has 2 atom stereocenters. The van der Waals surface area contributed by atoms with Crippen molar-refractivity contribution in [3.8, 4) is 0 Å². The third-order valence-corrected chi connectivity index (χ3v) is 4.26. The van der Waals surface area contributed by atoms with Gasteiger partial charge in [-0.3, -0.25) is 9.59 Å². The maximum absolute atomic E-state index is 12.5. The number of piperidine rings is 1. The molecule has 0 aromatic carbocycles. The second kappa shape index (κ2) is 6.37. The van der Waals surface area contributed by atoms with Gasteiger partial charge in [0.15, 0.2) is 0 Å². The lowest BCUT2D eigenvalue weighted by atomic mass is 9.94. The van der Waals surface area contributed by atoms with Crippen molar-refractivity contribution in [3.05, 3.63) is 0 Å². The quantitative estimate of drug-likeness (QED) is 0.751. The molecule has 2 saturated heterocycles. The molecule has 2 heterocycles. The van der Waals surface area contributed by atoms with Crippen molar-refractivity contribution in [2.75, 3.05) is 32.7 Å². The molecule has 2 fully saturated rings. The van der Waals surface area contributed by atoms with Crippen LogP contribution in [0.3, 0.4) is 0 Å². The summed E-state index contributed by atoms with van der Waals surface area (Å²) in [4.78, 5) is 27.6. The summed E-state index contributed by atoms with van der Waals surface area (Å²) in [5.41, 5.74) is 0. The Morgan fingerprint density at radius 3 is 2.37 bits per heavy atom. The molecule has 0 radical (unpaired) electrons. The summed E-state index contributed by atoms with van der Waals surface area (Å²) < 4.78 is 0. The van der Waals surface area contributed by atoms with Crippen LogP contribution in [0.5, 0.6) is 0 Å². The van der Waals surface area contributed by atoms with E-state index in [1.54, 1.807) is 6.92 Å². The standard InChI is InChI=1S/C14H25N3O2/c1-11-4-5-13(10-15-11)14(19)17-7-3-6-16(8-9-17)12(2)18/h11,13,15H,3-10H2,1-2H3. The molecule has 0 aromatic heterocycles. The highest BCUT2D eigenvalue weighted by atomic mass is 16.2. The lowest BCUT2D eigenvalue weighted by Gasteiger charge is -2.31. The van der Waals surface area contributed by atoms with Crippen molar-refractivity contribution in [1.82, 2.24) is 15.1 Å². The number of carbonyl (C=O) groups is 2.